The van der Waals surface area contributed by atoms with E-state index in [9.17, 15) is 33.6 Å². The van der Waals surface area contributed by atoms with E-state index in [1.807, 2.05) is 20.9 Å². The Labute approximate surface area is 370 Å². The summed E-state index contributed by atoms with van der Waals surface area (Å²) in [7, 11) is 6.72. The molecule has 348 valence electrons. The number of amides is 7. The lowest BCUT2D eigenvalue weighted by Gasteiger charge is -2.39. The van der Waals surface area contributed by atoms with E-state index in [0.29, 0.717) is 50.1 Å². The van der Waals surface area contributed by atoms with E-state index in [2.05, 4.69) is 20.3 Å². The quantitative estimate of drug-likeness (QED) is 0.0283. The highest BCUT2D eigenvalue weighted by Crippen LogP contribution is 2.41. The number of fused-ring (bicyclic) bond motifs is 2. The molecule has 10 atom stereocenters. The highest BCUT2D eigenvalue weighted by atomic mass is 32.2. The number of hydrogen-bond donors (Lipinski definition) is 5. The minimum atomic E-state index is -0.859. The van der Waals surface area contributed by atoms with Gasteiger partial charge in [0.05, 0.1) is 55.8 Å². The number of likely N-dealkylation sites (tertiary alicyclic amines) is 2. The second-order valence-corrected chi connectivity index (χ2v) is 18.0. The third kappa shape index (κ3) is 12.7. The standard InChI is InChI=1S/C42H70N10O9S/c1-9-25(2)37(49(6)36(56)22-45-42(59)38-28-13-14-30(20-28)48(38)5)32(60-7)21-35(55)51-18-10-12-31(51)39(61-8)26(3)40(57)46-27(4)41(58)47-62-19-11-17-50(44)23-29(43)24-52-33(53)15-16-34(52)54/h15-16,23,25-28,30-32,37-39H,9-14,17-22,24,43-44H2,1-8H3,(H,45,59)(H,46,57)(H,47,58)/b29-23-/t25?,26?,27-,28?,30?,31?,32?,37?,38?,39?/m0/s1. The van der Waals surface area contributed by atoms with Crippen molar-refractivity contribution in [3.8, 4) is 0 Å². The molecule has 4 rings (SSSR count). The van der Waals surface area contributed by atoms with Crippen LogP contribution in [-0.2, 0) is 43.0 Å². The van der Waals surface area contributed by atoms with Gasteiger partial charge in [-0.3, -0.25) is 48.1 Å². The van der Waals surface area contributed by atoms with Crippen molar-refractivity contribution in [2.75, 3.05) is 60.2 Å². The Bertz CT molecular complexity index is 1660. The highest BCUT2D eigenvalue weighted by Gasteiger charge is 2.47. The van der Waals surface area contributed by atoms with E-state index < -0.39 is 59.9 Å². The first-order chi connectivity index (χ1) is 29.4. The first kappa shape index (κ1) is 50.4. The Kier molecular flexibility index (Phi) is 19.1. The van der Waals surface area contributed by atoms with E-state index >= 15 is 0 Å². The predicted molar refractivity (Wildman–Crippen MR) is 234 cm³/mol. The van der Waals surface area contributed by atoms with Gasteiger partial charge in [0.1, 0.15) is 6.04 Å². The fourth-order valence-corrected chi connectivity index (χ4v) is 10.0. The zero-order valence-corrected chi connectivity index (χ0v) is 38.5. The van der Waals surface area contributed by atoms with Gasteiger partial charge in [0, 0.05) is 70.2 Å². The number of nitrogens with one attached hydrogen (secondary N) is 3. The first-order valence-corrected chi connectivity index (χ1v) is 22.8. The van der Waals surface area contributed by atoms with Crippen molar-refractivity contribution in [1.82, 2.24) is 40.0 Å². The van der Waals surface area contributed by atoms with E-state index in [0.717, 1.165) is 42.5 Å². The molecule has 9 unspecified atom stereocenters. The summed E-state index contributed by atoms with van der Waals surface area (Å²) < 4.78 is 14.6. The van der Waals surface area contributed by atoms with E-state index in [1.165, 1.54) is 37.6 Å². The summed E-state index contributed by atoms with van der Waals surface area (Å²) in [6.45, 7) is 7.98. The molecule has 3 heterocycles. The molecule has 4 aliphatic rings. The van der Waals surface area contributed by atoms with Gasteiger partial charge >= 0.3 is 0 Å². The number of methoxy groups -OCH3 is 2. The van der Waals surface area contributed by atoms with Crippen molar-refractivity contribution >= 4 is 53.3 Å². The molecule has 7 N–H and O–H groups in total. The normalized spacial score (nSPS) is 24.1. The number of carbonyl (C=O) groups excluding carboxylic acids is 7. The van der Waals surface area contributed by atoms with Crippen molar-refractivity contribution in [3.05, 3.63) is 24.0 Å². The van der Waals surface area contributed by atoms with Gasteiger partial charge in [-0.25, -0.2) is 5.84 Å². The van der Waals surface area contributed by atoms with Crippen LogP contribution in [0.5, 0.6) is 0 Å². The van der Waals surface area contributed by atoms with Crippen LogP contribution in [0.1, 0.15) is 79.1 Å². The van der Waals surface area contributed by atoms with Crippen LogP contribution < -0.4 is 26.9 Å². The third-order valence-electron chi connectivity index (χ3n) is 13.1. The molecule has 7 amide bonds. The van der Waals surface area contributed by atoms with E-state index in [4.69, 9.17) is 21.1 Å². The van der Waals surface area contributed by atoms with Crippen LogP contribution in [-0.4, -0.2) is 169 Å². The zero-order valence-electron chi connectivity index (χ0n) is 37.7. The third-order valence-corrected chi connectivity index (χ3v) is 13.9. The van der Waals surface area contributed by atoms with Crippen molar-refractivity contribution in [2.24, 2.45) is 29.3 Å². The van der Waals surface area contributed by atoms with Crippen molar-refractivity contribution in [1.29, 1.82) is 0 Å². The molecule has 0 radical (unpaired) electrons. The van der Waals surface area contributed by atoms with Gasteiger partial charge in [-0.05, 0) is 64.3 Å². The number of carbonyl (C=O) groups is 7. The monoisotopic (exact) mass is 891 g/mol. The minimum absolute atomic E-state index is 0.00284. The van der Waals surface area contributed by atoms with E-state index in [-0.39, 0.29) is 54.9 Å². The number of piperidine rings is 1. The van der Waals surface area contributed by atoms with Crippen LogP contribution in [0.25, 0.3) is 0 Å². The van der Waals surface area contributed by atoms with Crippen LogP contribution in [0, 0.1) is 17.8 Å². The fraction of sp³-hybridized carbons (Fsp3) is 0.738. The van der Waals surface area contributed by atoms with Crippen molar-refractivity contribution in [2.45, 2.75) is 121 Å². The summed E-state index contributed by atoms with van der Waals surface area (Å²) in [4.78, 5) is 97.2. The molecule has 19 nitrogen and oxygen atoms in total. The van der Waals surface area contributed by atoms with Gasteiger partial charge in [-0.2, -0.15) is 0 Å². The minimum Gasteiger partial charge on any atom is -0.399 e. The Morgan fingerprint density at radius 3 is 2.34 bits per heavy atom. The van der Waals surface area contributed by atoms with Crippen LogP contribution in [0.2, 0.25) is 0 Å². The summed E-state index contributed by atoms with van der Waals surface area (Å²) in [5.74, 6) is 3.84. The summed E-state index contributed by atoms with van der Waals surface area (Å²) in [5, 5.41) is 7.01. The highest BCUT2D eigenvalue weighted by molar-refractivity contribution is 7.97. The molecule has 2 bridgehead atoms. The average Bonchev–Trinajstić information content (AvgIpc) is 4.05. The van der Waals surface area contributed by atoms with Crippen LogP contribution >= 0.6 is 11.9 Å². The fourth-order valence-electron chi connectivity index (χ4n) is 9.35. The maximum Gasteiger partial charge on any atom is 0.253 e. The lowest BCUT2D eigenvalue weighted by atomic mass is 9.90. The number of rotatable bonds is 24. The second-order valence-electron chi connectivity index (χ2n) is 17.1. The number of imide groups is 1. The number of hydrazine groups is 1. The van der Waals surface area contributed by atoms with Crippen LogP contribution in [0.15, 0.2) is 24.0 Å². The smallest absolute Gasteiger partial charge is 0.253 e. The number of ether oxygens (including phenoxy) is 2. The van der Waals surface area contributed by atoms with Gasteiger partial charge in [0.25, 0.3) is 17.7 Å². The van der Waals surface area contributed by atoms with Crippen LogP contribution in [0.4, 0.5) is 0 Å². The summed E-state index contributed by atoms with van der Waals surface area (Å²) in [6, 6.07) is -1.50. The molecule has 0 aromatic rings. The molecule has 1 aliphatic carbocycles. The molecule has 3 fully saturated rings. The number of nitrogens with two attached hydrogens (primary N) is 2. The molecule has 0 spiro atoms. The van der Waals surface area contributed by atoms with Gasteiger partial charge in [0.2, 0.25) is 23.6 Å². The lowest BCUT2D eigenvalue weighted by molar-refractivity contribution is -0.146. The Hall–Kier alpha value is -4.24. The molecule has 20 heteroatoms. The first-order valence-electron chi connectivity index (χ1n) is 21.8. The molecule has 2 saturated heterocycles. The van der Waals surface area contributed by atoms with Gasteiger partial charge in [-0.1, -0.05) is 39.1 Å². The maximum absolute atomic E-state index is 14.1. The molecular weight excluding hydrogens is 821 g/mol. The van der Waals surface area contributed by atoms with Gasteiger partial charge in [0.15, 0.2) is 0 Å². The molecular formula is C42H70N10O9S. The van der Waals surface area contributed by atoms with E-state index in [1.54, 1.807) is 30.7 Å². The number of nitrogens with zero attached hydrogens (tertiary/aromatic N) is 5. The zero-order chi connectivity index (χ0) is 45.8. The van der Waals surface area contributed by atoms with Crippen molar-refractivity contribution < 1.29 is 43.0 Å². The lowest BCUT2D eigenvalue weighted by Crippen LogP contribution is -2.55. The SMILES string of the molecule is CCC(C)C(C(CC(=O)N1CCCC1C(OC)C(C)C(=O)N[C@@H](C)C(=O)NSCCCN(N)/C=C(\N)CN1C(=O)C=CC1=O)OC)N(C)C(=O)CNC(=O)C1C2CCC(C2)N1C. The maximum atomic E-state index is 14.1. The summed E-state index contributed by atoms with van der Waals surface area (Å²) in [6.07, 6.45) is 8.29. The average molecular weight is 891 g/mol. The molecule has 0 aromatic carbocycles. The summed E-state index contributed by atoms with van der Waals surface area (Å²) in [5.41, 5.74) is 6.18. The molecule has 3 aliphatic heterocycles. The second kappa shape index (κ2) is 23.4. The molecule has 1 saturated carbocycles. The Morgan fingerprint density at radius 2 is 1.73 bits per heavy atom. The Morgan fingerprint density at radius 1 is 1.03 bits per heavy atom. The summed E-state index contributed by atoms with van der Waals surface area (Å²) >= 11 is 1.16. The predicted octanol–water partition coefficient (Wildman–Crippen LogP) is 0.0656. The number of likely N-dealkylation sites (N-methyl/N-ethyl adjacent to an activating group) is 2. The van der Waals surface area contributed by atoms with Gasteiger partial charge < -0.3 is 40.6 Å². The van der Waals surface area contributed by atoms with Crippen LogP contribution in [0.3, 0.4) is 0 Å². The topological polar surface area (TPSA) is 242 Å². The Balaban J connectivity index is 1.24. The molecule has 62 heavy (non-hydrogen) atoms. The van der Waals surface area contributed by atoms with Gasteiger partial charge in [-0.15, -0.1) is 0 Å². The van der Waals surface area contributed by atoms with Crippen molar-refractivity contribution in [3.63, 3.8) is 0 Å². The largest absolute Gasteiger partial charge is 0.399 e. The molecule has 0 aromatic heterocycles. The number of hydrogen-bond acceptors (Lipinski definition) is 14.